The zero-order chi connectivity index (χ0) is 30.3. The summed E-state index contributed by atoms with van der Waals surface area (Å²) in [5.74, 6) is -0.379. The molecule has 42 heavy (non-hydrogen) atoms. The number of phenols is 3. The molecule has 3 aliphatic heterocycles. The van der Waals surface area contributed by atoms with Gasteiger partial charge in [0.25, 0.3) is 11.9 Å². The van der Waals surface area contributed by atoms with Crippen LogP contribution in [0.15, 0.2) is 42.2 Å². The second kappa shape index (κ2) is 12.2. The zero-order valence-corrected chi connectivity index (χ0v) is 21.9. The van der Waals surface area contributed by atoms with Crippen molar-refractivity contribution in [2.45, 2.75) is 67.5 Å². The Labute approximate surface area is 238 Å². The van der Waals surface area contributed by atoms with Crippen molar-refractivity contribution in [1.29, 1.82) is 0 Å². The van der Waals surface area contributed by atoms with Gasteiger partial charge < -0.3 is 74.7 Å². The van der Waals surface area contributed by atoms with Crippen molar-refractivity contribution in [3.05, 3.63) is 53.3 Å². The fourth-order valence-corrected chi connectivity index (χ4v) is 5.05. The number of aliphatic hydroxyl groups excluding tert-OH is 7. The summed E-state index contributed by atoms with van der Waals surface area (Å²) in [6.45, 7) is -1.48. The van der Waals surface area contributed by atoms with Crippen LogP contribution in [0.25, 0.3) is 6.08 Å². The molecular weight excluding hydrogens is 564 g/mol. The number of ether oxygens (including phenoxy) is 5. The van der Waals surface area contributed by atoms with Crippen LogP contribution in [0, 0.1) is 0 Å². The fraction of sp³-hybridized carbons (Fsp3) is 0.481. The van der Waals surface area contributed by atoms with E-state index in [1.54, 1.807) is 12.1 Å². The lowest BCUT2D eigenvalue weighted by molar-refractivity contribution is -0.364. The first-order valence-electron chi connectivity index (χ1n) is 13.0. The Hall–Kier alpha value is -3.22. The van der Waals surface area contributed by atoms with Crippen LogP contribution in [-0.2, 0) is 18.9 Å². The molecule has 11 atom stereocenters. The lowest BCUT2D eigenvalue weighted by Crippen LogP contribution is -2.64. The molecule has 0 spiro atoms. The smallest absolute Gasteiger partial charge is 0.270 e. The van der Waals surface area contributed by atoms with E-state index >= 15 is 0 Å². The molecule has 2 aromatic carbocycles. The summed E-state index contributed by atoms with van der Waals surface area (Å²) in [7, 11) is 0. The van der Waals surface area contributed by atoms with E-state index in [1.807, 2.05) is 0 Å². The van der Waals surface area contributed by atoms with Crippen molar-refractivity contribution >= 4 is 6.08 Å². The maximum absolute atomic E-state index is 11.0. The third kappa shape index (κ3) is 5.71. The summed E-state index contributed by atoms with van der Waals surface area (Å²) in [4.78, 5) is 0. The quantitative estimate of drug-likeness (QED) is 0.152. The number of rotatable bonds is 7. The average molecular weight is 598 g/mol. The van der Waals surface area contributed by atoms with Crippen LogP contribution in [0.1, 0.15) is 17.2 Å². The van der Waals surface area contributed by atoms with Gasteiger partial charge in [0.05, 0.1) is 24.8 Å². The van der Waals surface area contributed by atoms with Crippen LogP contribution in [0.5, 0.6) is 23.0 Å². The maximum Gasteiger partial charge on any atom is 0.270 e. The molecule has 5 rings (SSSR count). The number of hydrogen-bond donors (Lipinski definition) is 10. The lowest BCUT2D eigenvalue weighted by Gasteiger charge is -2.46. The molecule has 2 aromatic rings. The summed E-state index contributed by atoms with van der Waals surface area (Å²) < 4.78 is 27.5. The molecule has 15 heteroatoms. The van der Waals surface area contributed by atoms with Gasteiger partial charge in [0.15, 0.2) is 18.2 Å². The van der Waals surface area contributed by atoms with Gasteiger partial charge in [-0.3, -0.25) is 0 Å². The molecule has 11 N–H and O–H groups in total. The molecule has 15 nitrogen and oxygen atoms in total. The summed E-state index contributed by atoms with van der Waals surface area (Å²) >= 11 is 0. The number of phenolic OH excluding ortho intramolecular Hbond substituents is 3. The van der Waals surface area contributed by atoms with Gasteiger partial charge >= 0.3 is 0 Å². The number of aliphatic hydroxyl groups is 8. The minimum absolute atomic E-state index is 0.0156. The molecule has 0 amide bonds. The standard InChI is InChI=1S/C27H32O15/c28-8-17-19(33)21(35)23(37)26(40-17)42-25-22(36)20(34)18(9-29)41-27(25)39-16-7-13-14(32)5-12(31)6-15(13)38-24(16)10-1-3-11(30)4-2-10/h1-7,17-37H,8-9H2/p+1/t17-,18+,19-,20-,21+,22+,23-,24?,25-,26+,27-/m1/s1. The van der Waals surface area contributed by atoms with E-state index in [9.17, 15) is 51.1 Å². The van der Waals surface area contributed by atoms with E-state index in [1.165, 1.54) is 24.3 Å². The van der Waals surface area contributed by atoms with Crippen LogP contribution in [0.4, 0.5) is 0 Å². The minimum Gasteiger partial charge on any atom is -0.571 e. The van der Waals surface area contributed by atoms with Crippen molar-refractivity contribution < 1.29 is 74.7 Å². The molecule has 3 heterocycles. The Kier molecular flexibility index (Phi) is 8.77. The van der Waals surface area contributed by atoms with Gasteiger partial charge in [-0.05, 0) is 24.3 Å². The SMILES string of the molecule is OC[C@@H]1O[C@@H](OC2=Cc3c(O)cc(O)cc3[OH+]C2c2ccc(O)cc2)[C@H](O[C@@H]2O[C@H](CO)[C@@H](O)[C@H](O)[C@H]2O)[C@@H](O)[C@@H]1O. The molecule has 0 aliphatic carbocycles. The highest BCUT2D eigenvalue weighted by Crippen LogP contribution is 2.45. The van der Waals surface area contributed by atoms with Crippen LogP contribution in [0.2, 0.25) is 0 Å². The van der Waals surface area contributed by atoms with Crippen molar-refractivity contribution in [3.63, 3.8) is 0 Å². The van der Waals surface area contributed by atoms with E-state index < -0.39 is 80.7 Å². The first-order chi connectivity index (χ1) is 20.0. The molecule has 1 unspecified atom stereocenters. The topological polar surface area (TPSA) is 252 Å². The van der Waals surface area contributed by atoms with Crippen molar-refractivity contribution in [2.24, 2.45) is 0 Å². The minimum atomic E-state index is -1.85. The molecule has 2 fully saturated rings. The number of benzene rings is 2. The highest BCUT2D eigenvalue weighted by molar-refractivity contribution is 5.69. The van der Waals surface area contributed by atoms with Crippen LogP contribution >= 0.6 is 0 Å². The monoisotopic (exact) mass is 597 g/mol. The molecular formula is C27H33O15+. The van der Waals surface area contributed by atoms with Gasteiger partial charge in [0, 0.05) is 12.1 Å². The number of fused-ring (bicyclic) bond motifs is 1. The highest BCUT2D eigenvalue weighted by atomic mass is 16.8. The van der Waals surface area contributed by atoms with Crippen LogP contribution < -0.4 is 0 Å². The largest absolute Gasteiger partial charge is 0.571 e. The number of hydrogen-bond acceptors (Lipinski definition) is 14. The van der Waals surface area contributed by atoms with Gasteiger partial charge in [-0.25, -0.2) is 0 Å². The average Bonchev–Trinajstić information content (AvgIpc) is 2.97. The van der Waals surface area contributed by atoms with Gasteiger partial charge in [-0.2, -0.15) is 0 Å². The molecule has 0 saturated carbocycles. The van der Waals surface area contributed by atoms with Gasteiger partial charge in [-0.15, -0.1) is 0 Å². The molecule has 230 valence electrons. The fourth-order valence-electron chi connectivity index (χ4n) is 5.05. The van der Waals surface area contributed by atoms with E-state index in [2.05, 4.69) is 4.74 Å². The first-order valence-corrected chi connectivity index (χ1v) is 13.0. The molecule has 0 bridgehead atoms. The molecule has 0 aromatic heterocycles. The van der Waals surface area contributed by atoms with Crippen molar-refractivity contribution in [1.82, 2.24) is 0 Å². The normalized spacial score (nSPS) is 36.5. The predicted octanol–water partition coefficient (Wildman–Crippen LogP) is -2.22. The van der Waals surface area contributed by atoms with E-state index in [0.29, 0.717) is 5.56 Å². The van der Waals surface area contributed by atoms with Gasteiger partial charge in [-0.1, -0.05) is 0 Å². The van der Waals surface area contributed by atoms with E-state index in [-0.39, 0.29) is 34.3 Å². The number of aromatic hydroxyl groups is 4. The second-order valence-corrected chi connectivity index (χ2v) is 10.2. The third-order valence-corrected chi connectivity index (χ3v) is 7.37. The lowest BCUT2D eigenvalue weighted by atomic mass is 9.97. The van der Waals surface area contributed by atoms with Crippen LogP contribution in [0.3, 0.4) is 0 Å². The van der Waals surface area contributed by atoms with E-state index in [4.69, 9.17) is 18.9 Å². The Morgan fingerprint density at radius 2 is 1.33 bits per heavy atom. The highest BCUT2D eigenvalue weighted by Gasteiger charge is 2.52. The predicted molar refractivity (Wildman–Crippen MR) is 138 cm³/mol. The van der Waals surface area contributed by atoms with Crippen molar-refractivity contribution in [3.8, 4) is 23.0 Å². The summed E-state index contributed by atoms with van der Waals surface area (Å²) in [6.07, 6.45) is -16.1. The summed E-state index contributed by atoms with van der Waals surface area (Å²) in [6, 6.07) is 8.32. The second-order valence-electron chi connectivity index (χ2n) is 10.2. The summed E-state index contributed by atoms with van der Waals surface area (Å²) in [5.41, 5.74) is 0.661. The molecule has 2 saturated heterocycles. The molecule has 3 aliphatic rings. The Morgan fingerprint density at radius 3 is 1.98 bits per heavy atom. The van der Waals surface area contributed by atoms with Crippen molar-refractivity contribution in [2.75, 3.05) is 13.2 Å². The zero-order valence-electron chi connectivity index (χ0n) is 21.9. The van der Waals surface area contributed by atoms with Gasteiger partial charge in [0.1, 0.15) is 65.5 Å². The van der Waals surface area contributed by atoms with Crippen LogP contribution in [-0.4, -0.2) is 130 Å². The Balaban J connectivity index is 1.50. The maximum atomic E-state index is 11.0. The first kappa shape index (κ1) is 30.2. The van der Waals surface area contributed by atoms with E-state index in [0.717, 1.165) is 6.07 Å². The third-order valence-electron chi connectivity index (χ3n) is 7.37. The molecule has 0 radical (unpaired) electrons. The summed E-state index contributed by atoms with van der Waals surface area (Å²) in [5, 5.41) is 102. The van der Waals surface area contributed by atoms with Gasteiger partial charge in [0.2, 0.25) is 6.29 Å². The Bertz CT molecular complexity index is 1270. The Morgan fingerprint density at radius 1 is 0.714 bits per heavy atom.